The largest absolute Gasteiger partial charge is 0.497 e. The highest BCUT2D eigenvalue weighted by molar-refractivity contribution is 5.90. The summed E-state index contributed by atoms with van der Waals surface area (Å²) in [5, 5.41) is 1.26. The lowest BCUT2D eigenvalue weighted by Gasteiger charge is -2.23. The van der Waals surface area contributed by atoms with Crippen LogP contribution in [0.15, 0.2) is 12.1 Å². The number of nitrogens with two attached hydrogens (primary N) is 1. The van der Waals surface area contributed by atoms with Crippen LogP contribution in [0.5, 0.6) is 5.75 Å². The lowest BCUT2D eigenvalue weighted by atomic mass is 9.82. The Balaban J connectivity index is 2.91. The van der Waals surface area contributed by atoms with Crippen molar-refractivity contribution in [2.75, 3.05) is 13.7 Å². The lowest BCUT2D eigenvalue weighted by molar-refractivity contribution is 0.415. The summed E-state index contributed by atoms with van der Waals surface area (Å²) in [6.45, 7) is 9.32. The van der Waals surface area contributed by atoms with Crippen LogP contribution in [0.1, 0.15) is 30.7 Å². The molecule has 0 unspecified atom stereocenters. The second kappa shape index (κ2) is 4.57. The van der Waals surface area contributed by atoms with E-state index in [0.717, 1.165) is 5.75 Å². The Labute approximate surface area is 115 Å². The first-order valence-corrected chi connectivity index (χ1v) is 6.67. The second-order valence-corrected chi connectivity index (χ2v) is 5.95. The average molecular weight is 260 g/mol. The first kappa shape index (κ1) is 13.9. The van der Waals surface area contributed by atoms with Gasteiger partial charge < -0.3 is 15.0 Å². The van der Waals surface area contributed by atoms with E-state index >= 15 is 0 Å². The minimum Gasteiger partial charge on any atom is -0.497 e. The van der Waals surface area contributed by atoms with Crippen LogP contribution in [0.3, 0.4) is 0 Å². The molecular formula is C16H24N2O. The van der Waals surface area contributed by atoms with Gasteiger partial charge in [-0.15, -0.1) is 0 Å². The molecule has 3 nitrogen and oxygen atoms in total. The maximum absolute atomic E-state index is 5.98. The van der Waals surface area contributed by atoms with Crippen LogP contribution < -0.4 is 10.5 Å². The molecule has 1 heterocycles. The number of benzene rings is 1. The minimum atomic E-state index is -0.0393. The summed E-state index contributed by atoms with van der Waals surface area (Å²) in [5.41, 5.74) is 11.1. The van der Waals surface area contributed by atoms with Gasteiger partial charge >= 0.3 is 0 Å². The molecule has 2 rings (SSSR count). The SMILES string of the molecule is COc1cc(C)c2c(c1)c(C(C)(C)CN)c(C)n2C. The maximum atomic E-state index is 5.98. The Morgan fingerprint density at radius 1 is 1.26 bits per heavy atom. The monoisotopic (exact) mass is 260 g/mol. The van der Waals surface area contributed by atoms with Crippen molar-refractivity contribution in [3.05, 3.63) is 29.0 Å². The molecule has 0 saturated carbocycles. The number of nitrogens with zero attached hydrogens (tertiary/aromatic N) is 1. The van der Waals surface area contributed by atoms with Gasteiger partial charge in [0.05, 0.1) is 12.6 Å². The Morgan fingerprint density at radius 2 is 1.89 bits per heavy atom. The van der Waals surface area contributed by atoms with Crippen molar-refractivity contribution < 1.29 is 4.74 Å². The predicted octanol–water partition coefficient (Wildman–Crippen LogP) is 3.04. The molecule has 0 saturated heterocycles. The standard InChI is InChI=1S/C16H24N2O/c1-10-7-12(19-6)8-13-14(16(3,4)9-17)11(2)18(5)15(10)13/h7-8H,9,17H2,1-6H3. The van der Waals surface area contributed by atoms with E-state index in [2.05, 4.69) is 51.4 Å². The van der Waals surface area contributed by atoms with Gasteiger partial charge in [0, 0.05) is 30.1 Å². The van der Waals surface area contributed by atoms with Crippen LogP contribution in [0.2, 0.25) is 0 Å². The van der Waals surface area contributed by atoms with Crippen molar-refractivity contribution in [2.24, 2.45) is 12.8 Å². The first-order valence-electron chi connectivity index (χ1n) is 6.67. The van der Waals surface area contributed by atoms with Crippen LogP contribution >= 0.6 is 0 Å². The van der Waals surface area contributed by atoms with Crippen molar-refractivity contribution in [3.63, 3.8) is 0 Å². The summed E-state index contributed by atoms with van der Waals surface area (Å²) in [6.07, 6.45) is 0. The molecule has 0 aliphatic carbocycles. The summed E-state index contributed by atoms with van der Waals surface area (Å²) >= 11 is 0. The molecule has 104 valence electrons. The van der Waals surface area contributed by atoms with E-state index in [0.29, 0.717) is 6.54 Å². The van der Waals surface area contributed by atoms with Crippen LogP contribution in [-0.2, 0) is 12.5 Å². The van der Waals surface area contributed by atoms with Crippen LogP contribution in [-0.4, -0.2) is 18.2 Å². The van der Waals surface area contributed by atoms with E-state index < -0.39 is 0 Å². The van der Waals surface area contributed by atoms with Crippen molar-refractivity contribution in [2.45, 2.75) is 33.1 Å². The van der Waals surface area contributed by atoms with Gasteiger partial charge in [-0.25, -0.2) is 0 Å². The highest BCUT2D eigenvalue weighted by Gasteiger charge is 2.27. The third-order valence-corrected chi connectivity index (χ3v) is 4.17. The predicted molar refractivity (Wildman–Crippen MR) is 81.0 cm³/mol. The Hall–Kier alpha value is -1.48. The summed E-state index contributed by atoms with van der Waals surface area (Å²) in [6, 6.07) is 4.21. The fourth-order valence-corrected chi connectivity index (χ4v) is 2.99. The number of fused-ring (bicyclic) bond motifs is 1. The first-order chi connectivity index (χ1) is 8.83. The number of aryl methyl sites for hydroxylation is 2. The quantitative estimate of drug-likeness (QED) is 0.921. The molecule has 0 fully saturated rings. The normalized spacial score (nSPS) is 12.2. The highest BCUT2D eigenvalue weighted by atomic mass is 16.5. The number of ether oxygens (including phenoxy) is 1. The highest BCUT2D eigenvalue weighted by Crippen LogP contribution is 2.37. The smallest absolute Gasteiger partial charge is 0.119 e. The molecule has 0 radical (unpaired) electrons. The third-order valence-electron chi connectivity index (χ3n) is 4.17. The van der Waals surface area contributed by atoms with Crippen molar-refractivity contribution in [1.29, 1.82) is 0 Å². The van der Waals surface area contributed by atoms with Crippen LogP contribution in [0.25, 0.3) is 10.9 Å². The molecule has 0 aliphatic heterocycles. The minimum absolute atomic E-state index is 0.0393. The zero-order valence-corrected chi connectivity index (χ0v) is 12.8. The van der Waals surface area contributed by atoms with Gasteiger partial charge in [0.2, 0.25) is 0 Å². The Kier molecular flexibility index (Phi) is 3.35. The number of rotatable bonds is 3. The van der Waals surface area contributed by atoms with Crippen LogP contribution in [0, 0.1) is 13.8 Å². The van der Waals surface area contributed by atoms with Gasteiger partial charge in [-0.3, -0.25) is 0 Å². The third kappa shape index (κ3) is 2.02. The maximum Gasteiger partial charge on any atom is 0.119 e. The van der Waals surface area contributed by atoms with Crippen LogP contribution in [0.4, 0.5) is 0 Å². The van der Waals surface area contributed by atoms with Crippen molar-refractivity contribution in [1.82, 2.24) is 4.57 Å². The number of hydrogen-bond donors (Lipinski definition) is 1. The van der Waals surface area contributed by atoms with Gasteiger partial charge in [-0.1, -0.05) is 13.8 Å². The fraction of sp³-hybridized carbons (Fsp3) is 0.500. The van der Waals surface area contributed by atoms with Crippen molar-refractivity contribution >= 4 is 10.9 Å². The zero-order chi connectivity index (χ0) is 14.4. The van der Waals surface area contributed by atoms with E-state index in [1.165, 1.54) is 27.7 Å². The molecular weight excluding hydrogens is 236 g/mol. The average Bonchev–Trinajstić information content (AvgIpc) is 2.62. The zero-order valence-electron chi connectivity index (χ0n) is 12.8. The Bertz CT molecular complexity index is 623. The summed E-state index contributed by atoms with van der Waals surface area (Å²) in [4.78, 5) is 0. The molecule has 0 amide bonds. The van der Waals surface area contributed by atoms with Gasteiger partial charge in [0.15, 0.2) is 0 Å². The molecule has 2 N–H and O–H groups in total. The summed E-state index contributed by atoms with van der Waals surface area (Å²) in [5.74, 6) is 0.907. The molecule has 3 heteroatoms. The summed E-state index contributed by atoms with van der Waals surface area (Å²) < 4.78 is 7.67. The molecule has 1 aromatic carbocycles. The van der Waals surface area contributed by atoms with Gasteiger partial charge in [-0.2, -0.15) is 0 Å². The molecule has 0 spiro atoms. The fourth-order valence-electron chi connectivity index (χ4n) is 2.99. The van der Waals surface area contributed by atoms with E-state index in [1.807, 2.05) is 0 Å². The summed E-state index contributed by atoms with van der Waals surface area (Å²) in [7, 11) is 3.83. The topological polar surface area (TPSA) is 40.2 Å². The lowest BCUT2D eigenvalue weighted by Crippen LogP contribution is -2.28. The van der Waals surface area contributed by atoms with Gasteiger partial charge in [-0.05, 0) is 37.1 Å². The number of methoxy groups -OCH3 is 1. The Morgan fingerprint density at radius 3 is 2.42 bits per heavy atom. The van der Waals surface area contributed by atoms with Gasteiger partial charge in [0.1, 0.15) is 5.75 Å². The number of hydrogen-bond acceptors (Lipinski definition) is 2. The number of aromatic nitrogens is 1. The molecule has 19 heavy (non-hydrogen) atoms. The molecule has 2 aromatic rings. The van der Waals surface area contributed by atoms with Gasteiger partial charge in [0.25, 0.3) is 0 Å². The van der Waals surface area contributed by atoms with E-state index in [4.69, 9.17) is 10.5 Å². The molecule has 1 aromatic heterocycles. The molecule has 0 aliphatic rings. The van der Waals surface area contributed by atoms with Crippen molar-refractivity contribution in [3.8, 4) is 5.75 Å². The second-order valence-electron chi connectivity index (χ2n) is 5.95. The molecule has 0 bridgehead atoms. The van der Waals surface area contributed by atoms with E-state index in [-0.39, 0.29) is 5.41 Å². The molecule has 0 atom stereocenters. The van der Waals surface area contributed by atoms with E-state index in [1.54, 1.807) is 7.11 Å². The van der Waals surface area contributed by atoms with E-state index in [9.17, 15) is 0 Å².